The number of hydrogen-bond acceptors (Lipinski definition) is 15. The number of carboxylic acids is 1. The molecule has 6 aromatic rings. The normalized spacial score (nSPS) is 12.8. The Hall–Kier alpha value is -7.69. The van der Waals surface area contributed by atoms with Crippen LogP contribution in [0.5, 0.6) is 0 Å². The molecule has 3 amide bonds. The van der Waals surface area contributed by atoms with E-state index < -0.39 is 89.3 Å². The van der Waals surface area contributed by atoms with Crippen LogP contribution in [0.4, 0.5) is 11.6 Å². The van der Waals surface area contributed by atoms with Gasteiger partial charge in [0.15, 0.2) is 5.95 Å². The van der Waals surface area contributed by atoms with Crippen molar-refractivity contribution in [1.29, 1.82) is 0 Å². The van der Waals surface area contributed by atoms with E-state index in [1.807, 2.05) is 0 Å². The third-order valence-corrected chi connectivity index (χ3v) is 14.5. The van der Waals surface area contributed by atoms with E-state index in [0.717, 1.165) is 5.56 Å². The maximum Gasteiger partial charge on any atom is 0.323 e. The molecule has 6 rings (SSSR count). The average Bonchev–Trinajstić information content (AvgIpc) is 3.84. The van der Waals surface area contributed by atoms with Gasteiger partial charge in [-0.3, -0.25) is 33.1 Å². The van der Waals surface area contributed by atoms with Crippen molar-refractivity contribution in [3.63, 3.8) is 0 Å². The number of anilines is 1. The number of H-pyrrole nitrogens is 1. The summed E-state index contributed by atoms with van der Waals surface area (Å²) >= 11 is 0. The lowest BCUT2D eigenvalue weighted by Crippen LogP contribution is -2.50. The molecule has 0 unspecified atom stereocenters. The number of pyridine rings is 1. The van der Waals surface area contributed by atoms with E-state index in [2.05, 4.69) is 46.2 Å². The number of nitrogens with zero attached hydrogens (tertiary/aromatic N) is 4. The summed E-state index contributed by atoms with van der Waals surface area (Å²) in [6.07, 6.45) is 4.46. The highest BCUT2D eigenvalue weighted by Gasteiger charge is 2.30. The van der Waals surface area contributed by atoms with Gasteiger partial charge in [-0.15, -0.1) is 0 Å². The summed E-state index contributed by atoms with van der Waals surface area (Å²) in [7, 11) is -13.7. The van der Waals surface area contributed by atoms with Crippen LogP contribution in [0.15, 0.2) is 122 Å². The van der Waals surface area contributed by atoms with Crippen LogP contribution in [0, 0.1) is 20.8 Å². The molecule has 0 fully saturated rings. The van der Waals surface area contributed by atoms with E-state index in [9.17, 15) is 63.4 Å². The molecule has 9 N–H and O–H groups in total. The van der Waals surface area contributed by atoms with Gasteiger partial charge < -0.3 is 35.9 Å². The molecule has 386 valence electrons. The lowest BCUT2D eigenvalue weighted by molar-refractivity contribution is -0.138. The largest absolute Gasteiger partial charge is 0.480 e. The van der Waals surface area contributed by atoms with Gasteiger partial charge in [-0.05, 0) is 91.9 Å². The van der Waals surface area contributed by atoms with Crippen LogP contribution < -0.4 is 31.4 Å². The number of aromatic nitrogens is 3. The second-order valence-corrected chi connectivity index (χ2v) is 21.1. The summed E-state index contributed by atoms with van der Waals surface area (Å²) in [4.78, 5) is 73.1. The van der Waals surface area contributed by atoms with Gasteiger partial charge in [0.25, 0.3) is 32.1 Å². The van der Waals surface area contributed by atoms with Crippen LogP contribution in [0.25, 0.3) is 10.9 Å². The molecule has 0 bridgehead atoms. The number of benzene rings is 4. The maximum atomic E-state index is 13.9. The molecule has 0 saturated carbocycles. The topological polar surface area (TPSA) is 367 Å². The lowest BCUT2D eigenvalue weighted by Gasteiger charge is -2.19. The first kappa shape index (κ1) is 54.6. The zero-order valence-corrected chi connectivity index (χ0v) is 41.6. The maximum absolute atomic E-state index is 13.9. The van der Waals surface area contributed by atoms with Gasteiger partial charge in [-0.2, -0.15) is 31.8 Å². The number of aliphatic carboxylic acids is 1. The summed E-state index contributed by atoms with van der Waals surface area (Å²) in [5.74, 6) is -5.25. The van der Waals surface area contributed by atoms with Crippen molar-refractivity contribution >= 4 is 76.5 Å². The van der Waals surface area contributed by atoms with E-state index in [0.29, 0.717) is 28.2 Å². The molecule has 2 atom stereocenters. The number of carbonyl (C=O) groups excluding carboxylic acids is 3. The van der Waals surface area contributed by atoms with Crippen LogP contribution in [0.2, 0.25) is 0 Å². The molecule has 0 saturated heterocycles. The Labute approximate surface area is 418 Å². The predicted octanol–water partition coefficient (Wildman–Crippen LogP) is 3.15. The van der Waals surface area contributed by atoms with E-state index in [4.69, 9.17) is 0 Å². The predicted molar refractivity (Wildman–Crippen MR) is 265 cm³/mol. The Morgan fingerprint density at radius 1 is 0.849 bits per heavy atom. The molecule has 0 aliphatic carbocycles. The summed E-state index contributed by atoms with van der Waals surface area (Å²) in [6.45, 7) is 4.03. The monoisotopic (exact) mass is 1060 g/mol. The number of hydrogen-bond donors (Lipinski definition) is 9. The van der Waals surface area contributed by atoms with Gasteiger partial charge in [0.1, 0.15) is 23.4 Å². The van der Waals surface area contributed by atoms with Crippen molar-refractivity contribution in [1.82, 2.24) is 35.2 Å². The van der Waals surface area contributed by atoms with Crippen molar-refractivity contribution < 1.29 is 58.6 Å². The smallest absolute Gasteiger partial charge is 0.323 e. The number of sulfonamides is 1. The Kier molecular flexibility index (Phi) is 17.4. The minimum absolute atomic E-state index is 0.00522. The molecule has 73 heavy (non-hydrogen) atoms. The van der Waals surface area contributed by atoms with Gasteiger partial charge in [0, 0.05) is 55.7 Å². The number of carboxylic acid groups (broad SMARTS) is 1. The van der Waals surface area contributed by atoms with Gasteiger partial charge in [-0.25, -0.2) is 13.4 Å². The van der Waals surface area contributed by atoms with E-state index >= 15 is 0 Å². The highest BCUT2D eigenvalue weighted by atomic mass is 32.2. The van der Waals surface area contributed by atoms with Crippen molar-refractivity contribution in [2.24, 2.45) is 10.2 Å². The van der Waals surface area contributed by atoms with Crippen LogP contribution in [0.1, 0.15) is 55.0 Å². The van der Waals surface area contributed by atoms with Crippen LogP contribution in [-0.2, 0) is 59.5 Å². The molecular formula is C46H50N10O14S3. The van der Waals surface area contributed by atoms with Crippen LogP contribution >= 0.6 is 0 Å². The molecule has 24 nitrogen and oxygen atoms in total. The zero-order valence-electron chi connectivity index (χ0n) is 39.2. The van der Waals surface area contributed by atoms with Crippen LogP contribution in [-0.4, -0.2) is 109 Å². The van der Waals surface area contributed by atoms with Crippen molar-refractivity contribution in [2.75, 3.05) is 24.2 Å². The molecule has 0 aliphatic heterocycles. The number of fused-ring (bicyclic) bond motifs is 1. The van der Waals surface area contributed by atoms with Crippen molar-refractivity contribution in [3.05, 3.63) is 147 Å². The molecular weight excluding hydrogens is 1010 g/mol. The summed E-state index contributed by atoms with van der Waals surface area (Å²) in [5.41, 5.74) is 1.79. The number of carbonyl (C=O) groups is 4. The Morgan fingerprint density at radius 2 is 1.55 bits per heavy atom. The average molecular weight is 1060 g/mol. The van der Waals surface area contributed by atoms with Gasteiger partial charge in [0.05, 0.1) is 27.5 Å². The van der Waals surface area contributed by atoms with Crippen molar-refractivity contribution in [3.8, 4) is 0 Å². The van der Waals surface area contributed by atoms with Crippen LogP contribution in [0.3, 0.4) is 0 Å². The quantitative estimate of drug-likeness (QED) is 0.0253. The second-order valence-electron chi connectivity index (χ2n) is 16.6. The molecule has 0 aliphatic rings. The number of aryl methyl sites for hydroxylation is 4. The molecule has 2 heterocycles. The number of nitrogens with one attached hydrogen (secondary N) is 6. The standard InChI is InChI=1S/C46H50N10O14S3/c1-27-19-28(2)41(29(3)20-27)72(66,67)55-36(45(61)62)24-50-43(59)35-25-56(38-21-30(9-14-34(38)40(35)57)22-51-46-48-16-17-49-46)18-6-15-47-44(60)37(26-71(63,64)65)53-42(58)31-10-12-33(13-11-31)54-52-23-32-7-4-5-8-39(32)73(68,69)70/h4-5,7-14,16-17,19-21,25,36-37,55H,6,15,18,22-24,26H2,1-3H3,(H,47,60)(H,50,59)(H,53,58)(H,61,62)(H2,48,49,51)(H,63,64,65)(H,68,69,70)/t36-,37-/m0/s1. The number of rotatable bonds is 23. The fraction of sp³-hybridized carbons (Fsp3) is 0.261. The van der Waals surface area contributed by atoms with E-state index in [1.54, 1.807) is 63.5 Å². The van der Waals surface area contributed by atoms with Crippen molar-refractivity contribution in [2.45, 2.75) is 68.7 Å². The Balaban J connectivity index is 1.15. The minimum atomic E-state index is -4.83. The highest BCUT2D eigenvalue weighted by molar-refractivity contribution is 7.89. The summed E-state index contributed by atoms with van der Waals surface area (Å²) in [6, 6.07) is 15.4. The second kappa shape index (κ2) is 23.2. The van der Waals surface area contributed by atoms with Gasteiger partial charge in [-0.1, -0.05) is 42.0 Å². The summed E-state index contributed by atoms with van der Waals surface area (Å²) < 4.78 is 96.9. The Morgan fingerprint density at radius 3 is 2.19 bits per heavy atom. The SMILES string of the molecule is Cc1cc(C)c(S(=O)(=O)N[C@@H](CNC(=O)c2cn(CCCNC(=O)[C@H](CS(=O)(=O)O)NC(=O)c3ccc(N=NCc4ccccc4S(=O)(=O)O)cc3)c3cc(CNc4ncc[nH]4)ccc3c2=O)C(=O)O)c(C)c1. The first-order chi connectivity index (χ1) is 34.4. The first-order valence-corrected chi connectivity index (χ1v) is 26.5. The van der Waals surface area contributed by atoms with E-state index in [-0.39, 0.29) is 64.6 Å². The lowest BCUT2D eigenvalue weighted by atomic mass is 10.1. The van der Waals surface area contributed by atoms with Gasteiger partial charge >= 0.3 is 5.97 Å². The molecule has 0 radical (unpaired) electrons. The third kappa shape index (κ3) is 14.7. The van der Waals surface area contributed by atoms with E-state index in [1.165, 1.54) is 59.3 Å². The molecule has 0 spiro atoms. The summed E-state index contributed by atoms with van der Waals surface area (Å²) in [5, 5.41) is 28.3. The number of amides is 3. The Bertz CT molecular complexity index is 3470. The first-order valence-electron chi connectivity index (χ1n) is 22.0. The zero-order chi connectivity index (χ0) is 53.3. The fourth-order valence-corrected chi connectivity index (χ4v) is 10.7. The molecule has 4 aromatic carbocycles. The molecule has 2 aromatic heterocycles. The highest BCUT2D eigenvalue weighted by Crippen LogP contribution is 2.23. The molecule has 27 heteroatoms. The fourth-order valence-electron chi connectivity index (χ4n) is 7.72. The third-order valence-electron chi connectivity index (χ3n) is 11.0. The van der Waals surface area contributed by atoms with Gasteiger partial charge in [0.2, 0.25) is 21.4 Å². The number of imidazole rings is 1. The number of aromatic amines is 1. The minimum Gasteiger partial charge on any atom is -0.480 e. The number of azo groups is 1.